The summed E-state index contributed by atoms with van der Waals surface area (Å²) < 4.78 is 0. The van der Waals surface area contributed by atoms with Crippen molar-refractivity contribution in [1.82, 2.24) is 4.98 Å². The molecule has 20 heavy (non-hydrogen) atoms. The highest BCUT2D eigenvalue weighted by atomic mass is 35.5. The van der Waals surface area contributed by atoms with Gasteiger partial charge >= 0.3 is 0 Å². The van der Waals surface area contributed by atoms with E-state index in [1.54, 1.807) is 6.20 Å². The highest BCUT2D eigenvalue weighted by Crippen LogP contribution is 2.29. The first kappa shape index (κ1) is 14.9. The predicted octanol–water partition coefficient (Wildman–Crippen LogP) is 4.90. The third kappa shape index (κ3) is 3.97. The van der Waals surface area contributed by atoms with E-state index >= 15 is 0 Å². The van der Waals surface area contributed by atoms with Crippen molar-refractivity contribution in [2.75, 3.05) is 5.32 Å². The minimum atomic E-state index is 0.129. The lowest BCUT2D eigenvalue weighted by atomic mass is 9.79. The van der Waals surface area contributed by atoms with Gasteiger partial charge < -0.3 is 5.32 Å². The second-order valence-electron chi connectivity index (χ2n) is 5.87. The van der Waals surface area contributed by atoms with E-state index in [4.69, 9.17) is 11.6 Å². The number of nitrogens with zero attached hydrogens (tertiary/aromatic N) is 1. The van der Waals surface area contributed by atoms with Crippen LogP contribution in [0.2, 0.25) is 5.15 Å². The Labute approximate surface area is 126 Å². The van der Waals surface area contributed by atoms with Gasteiger partial charge in [-0.25, -0.2) is 4.98 Å². The Morgan fingerprint density at radius 3 is 2.55 bits per heavy atom. The molecule has 0 radical (unpaired) electrons. The molecule has 2 nitrogen and oxygen atoms in total. The first-order chi connectivity index (χ1) is 9.47. The van der Waals surface area contributed by atoms with Crippen molar-refractivity contribution in [2.24, 2.45) is 0 Å². The molecule has 0 bridgehead atoms. The SMILES string of the molecule is CC(CC(C)(C)c1ccccc1)Nc1ccnc(Cl)c1. The molecule has 1 aromatic heterocycles. The van der Waals surface area contributed by atoms with E-state index in [1.807, 2.05) is 12.1 Å². The Morgan fingerprint density at radius 2 is 1.90 bits per heavy atom. The smallest absolute Gasteiger partial charge is 0.131 e. The Morgan fingerprint density at radius 1 is 1.20 bits per heavy atom. The van der Waals surface area contributed by atoms with Gasteiger partial charge in [0.2, 0.25) is 0 Å². The summed E-state index contributed by atoms with van der Waals surface area (Å²) >= 11 is 5.91. The highest BCUT2D eigenvalue weighted by molar-refractivity contribution is 6.29. The predicted molar refractivity (Wildman–Crippen MR) is 86.4 cm³/mol. The number of hydrogen-bond acceptors (Lipinski definition) is 2. The van der Waals surface area contributed by atoms with Crippen LogP contribution >= 0.6 is 11.6 Å². The van der Waals surface area contributed by atoms with Crippen molar-refractivity contribution < 1.29 is 0 Å². The molecule has 1 aromatic carbocycles. The van der Waals surface area contributed by atoms with Crippen LogP contribution in [0.3, 0.4) is 0 Å². The summed E-state index contributed by atoms with van der Waals surface area (Å²) in [6.07, 6.45) is 2.76. The zero-order valence-corrected chi connectivity index (χ0v) is 13.0. The molecule has 0 spiro atoms. The fourth-order valence-electron chi connectivity index (χ4n) is 2.60. The lowest BCUT2D eigenvalue weighted by molar-refractivity contribution is 0.450. The van der Waals surface area contributed by atoms with E-state index in [9.17, 15) is 0 Å². The summed E-state index contributed by atoms with van der Waals surface area (Å²) in [6.45, 7) is 6.75. The van der Waals surface area contributed by atoms with Crippen LogP contribution < -0.4 is 5.32 Å². The van der Waals surface area contributed by atoms with Crippen molar-refractivity contribution in [3.8, 4) is 0 Å². The normalized spacial score (nSPS) is 13.0. The average Bonchev–Trinajstić information content (AvgIpc) is 2.39. The molecule has 106 valence electrons. The maximum atomic E-state index is 5.91. The molecule has 0 aliphatic rings. The molecule has 1 N–H and O–H groups in total. The zero-order chi connectivity index (χ0) is 14.6. The summed E-state index contributed by atoms with van der Waals surface area (Å²) in [5, 5.41) is 4.00. The summed E-state index contributed by atoms with van der Waals surface area (Å²) in [5.74, 6) is 0. The van der Waals surface area contributed by atoms with Crippen LogP contribution in [0.5, 0.6) is 0 Å². The van der Waals surface area contributed by atoms with Gasteiger partial charge in [-0.05, 0) is 36.5 Å². The Bertz CT molecular complexity index is 552. The molecule has 3 heteroatoms. The number of pyridine rings is 1. The van der Waals surface area contributed by atoms with E-state index in [1.165, 1.54) is 5.56 Å². The average molecular weight is 289 g/mol. The molecule has 0 aliphatic carbocycles. The summed E-state index contributed by atoms with van der Waals surface area (Å²) in [4.78, 5) is 3.99. The number of hydrogen-bond donors (Lipinski definition) is 1. The number of benzene rings is 1. The molecule has 0 saturated carbocycles. The lowest BCUT2D eigenvalue weighted by Crippen LogP contribution is -2.27. The quantitative estimate of drug-likeness (QED) is 0.791. The molecular weight excluding hydrogens is 268 g/mol. The Kier molecular flexibility index (Phi) is 4.66. The molecule has 0 saturated heterocycles. The van der Waals surface area contributed by atoms with Crippen molar-refractivity contribution in [2.45, 2.75) is 38.6 Å². The lowest BCUT2D eigenvalue weighted by Gasteiger charge is -2.29. The van der Waals surface area contributed by atoms with E-state index < -0.39 is 0 Å². The zero-order valence-electron chi connectivity index (χ0n) is 12.2. The maximum absolute atomic E-state index is 5.91. The number of nitrogens with one attached hydrogen (secondary N) is 1. The Balaban J connectivity index is 2.02. The standard InChI is InChI=1S/C17H21ClN2/c1-13(20-15-9-10-19-16(18)11-15)12-17(2,3)14-7-5-4-6-8-14/h4-11,13H,12H2,1-3H3,(H,19,20). The largest absolute Gasteiger partial charge is 0.382 e. The fourth-order valence-corrected chi connectivity index (χ4v) is 2.77. The van der Waals surface area contributed by atoms with Gasteiger partial charge in [0.1, 0.15) is 5.15 Å². The summed E-state index contributed by atoms with van der Waals surface area (Å²) in [5.41, 5.74) is 2.51. The maximum Gasteiger partial charge on any atom is 0.131 e. The summed E-state index contributed by atoms with van der Waals surface area (Å²) in [7, 11) is 0. The second kappa shape index (κ2) is 6.27. The van der Waals surface area contributed by atoms with Crippen molar-refractivity contribution in [1.29, 1.82) is 0 Å². The van der Waals surface area contributed by atoms with Crippen molar-refractivity contribution in [3.63, 3.8) is 0 Å². The van der Waals surface area contributed by atoms with Gasteiger partial charge in [0.15, 0.2) is 0 Å². The highest BCUT2D eigenvalue weighted by Gasteiger charge is 2.23. The van der Waals surface area contributed by atoms with Crippen LogP contribution in [0.1, 0.15) is 32.8 Å². The number of aromatic nitrogens is 1. The first-order valence-corrected chi connectivity index (χ1v) is 7.29. The van der Waals surface area contributed by atoms with Crippen LogP contribution in [0, 0.1) is 0 Å². The molecule has 0 amide bonds. The number of anilines is 1. The van der Waals surface area contributed by atoms with Gasteiger partial charge in [-0.2, -0.15) is 0 Å². The third-order valence-corrected chi connectivity index (χ3v) is 3.72. The first-order valence-electron chi connectivity index (χ1n) is 6.91. The minimum Gasteiger partial charge on any atom is -0.382 e. The number of rotatable bonds is 5. The van der Waals surface area contributed by atoms with Gasteiger partial charge in [0.25, 0.3) is 0 Å². The monoisotopic (exact) mass is 288 g/mol. The van der Waals surface area contributed by atoms with E-state index in [-0.39, 0.29) is 5.41 Å². The van der Waals surface area contributed by atoms with Crippen LogP contribution in [0.4, 0.5) is 5.69 Å². The van der Waals surface area contributed by atoms with Crippen LogP contribution in [0.25, 0.3) is 0 Å². The Hall–Kier alpha value is -1.54. The minimum absolute atomic E-state index is 0.129. The van der Waals surface area contributed by atoms with E-state index in [0.717, 1.165) is 12.1 Å². The van der Waals surface area contributed by atoms with E-state index in [2.05, 4.69) is 61.4 Å². The molecule has 0 fully saturated rings. The van der Waals surface area contributed by atoms with Gasteiger partial charge in [-0.1, -0.05) is 55.8 Å². The van der Waals surface area contributed by atoms with Crippen LogP contribution in [-0.4, -0.2) is 11.0 Å². The molecule has 2 rings (SSSR count). The molecule has 1 atom stereocenters. The number of halogens is 1. The third-order valence-electron chi connectivity index (χ3n) is 3.51. The van der Waals surface area contributed by atoms with Gasteiger partial charge in [-0.3, -0.25) is 0 Å². The van der Waals surface area contributed by atoms with Gasteiger partial charge in [0, 0.05) is 17.9 Å². The van der Waals surface area contributed by atoms with Gasteiger partial charge in [0.05, 0.1) is 0 Å². The van der Waals surface area contributed by atoms with Crippen molar-refractivity contribution in [3.05, 3.63) is 59.4 Å². The molecule has 0 aliphatic heterocycles. The summed E-state index contributed by atoms with van der Waals surface area (Å²) in [6, 6.07) is 14.8. The van der Waals surface area contributed by atoms with Crippen molar-refractivity contribution >= 4 is 17.3 Å². The molecule has 1 unspecified atom stereocenters. The topological polar surface area (TPSA) is 24.9 Å². The molecule has 1 heterocycles. The van der Waals surface area contributed by atoms with Crippen LogP contribution in [-0.2, 0) is 5.41 Å². The van der Waals surface area contributed by atoms with E-state index in [0.29, 0.717) is 11.2 Å². The van der Waals surface area contributed by atoms with Crippen LogP contribution in [0.15, 0.2) is 48.7 Å². The fraction of sp³-hybridized carbons (Fsp3) is 0.353. The second-order valence-corrected chi connectivity index (χ2v) is 6.25. The molecular formula is C17H21ClN2. The van der Waals surface area contributed by atoms with Gasteiger partial charge in [-0.15, -0.1) is 0 Å². The molecule has 2 aromatic rings.